The van der Waals surface area contributed by atoms with Crippen LogP contribution in [0, 0.1) is 11.8 Å². The molecule has 44 heavy (non-hydrogen) atoms. The Morgan fingerprint density at radius 2 is 0.886 bits per heavy atom. The van der Waals surface area contributed by atoms with Gasteiger partial charge in [-0.3, -0.25) is 9.59 Å². The van der Waals surface area contributed by atoms with Crippen molar-refractivity contribution >= 4 is 11.9 Å². The summed E-state index contributed by atoms with van der Waals surface area (Å²) >= 11 is 0. The Bertz CT molecular complexity index is 962. The van der Waals surface area contributed by atoms with Gasteiger partial charge in [-0.1, -0.05) is 153 Å². The lowest BCUT2D eigenvalue weighted by Crippen LogP contribution is -2.09. The zero-order chi connectivity index (χ0) is 31.8. The Kier molecular flexibility index (Phi) is 20.3. The van der Waals surface area contributed by atoms with Crippen LogP contribution in [0.5, 0.6) is 0 Å². The van der Waals surface area contributed by atoms with Crippen molar-refractivity contribution in [3.8, 4) is 0 Å². The summed E-state index contributed by atoms with van der Waals surface area (Å²) in [5.41, 5.74) is 4.93. The van der Waals surface area contributed by atoms with Crippen molar-refractivity contribution in [3.63, 3.8) is 0 Å². The predicted molar refractivity (Wildman–Crippen MR) is 183 cm³/mol. The summed E-state index contributed by atoms with van der Waals surface area (Å²) in [6.45, 7) is 9.79. The SMILES string of the molecule is CCCCC(CC)Cc1ccccc1COC(=O)CCCCCCCCC(=O)OCc1ccccc1CC(CC)CCCC. The summed E-state index contributed by atoms with van der Waals surface area (Å²) < 4.78 is 11.3. The molecule has 0 saturated heterocycles. The van der Waals surface area contributed by atoms with E-state index in [4.69, 9.17) is 9.47 Å². The third-order valence-electron chi connectivity index (χ3n) is 9.13. The van der Waals surface area contributed by atoms with Gasteiger partial charge >= 0.3 is 11.9 Å². The molecular formula is C40H62O4. The Balaban J connectivity index is 1.57. The minimum Gasteiger partial charge on any atom is -0.461 e. The minimum atomic E-state index is -0.103. The molecule has 0 aliphatic rings. The fourth-order valence-corrected chi connectivity index (χ4v) is 6.01. The Labute approximate surface area is 269 Å². The summed E-state index contributed by atoms with van der Waals surface area (Å²) in [5.74, 6) is 1.18. The molecule has 0 fully saturated rings. The number of rotatable bonds is 25. The van der Waals surface area contributed by atoms with Gasteiger partial charge in [-0.05, 0) is 59.8 Å². The molecule has 0 aliphatic heterocycles. The average molecular weight is 607 g/mol. The number of carbonyl (C=O) groups excluding carboxylic acids is 2. The fraction of sp³-hybridized carbons (Fsp3) is 0.650. The van der Waals surface area contributed by atoms with Crippen molar-refractivity contribution in [1.29, 1.82) is 0 Å². The first-order valence-corrected chi connectivity index (χ1v) is 17.9. The Hall–Kier alpha value is -2.62. The first-order chi connectivity index (χ1) is 21.5. The Morgan fingerprint density at radius 3 is 1.25 bits per heavy atom. The molecular weight excluding hydrogens is 544 g/mol. The quantitative estimate of drug-likeness (QED) is 0.0833. The smallest absolute Gasteiger partial charge is 0.306 e. The first kappa shape index (κ1) is 37.6. The summed E-state index contributed by atoms with van der Waals surface area (Å²) in [6, 6.07) is 16.8. The predicted octanol–water partition coefficient (Wildman–Crippen LogP) is 11.1. The van der Waals surface area contributed by atoms with Crippen LogP contribution in [0.2, 0.25) is 0 Å². The highest BCUT2D eigenvalue weighted by Crippen LogP contribution is 2.23. The fourth-order valence-electron chi connectivity index (χ4n) is 6.01. The molecule has 0 amide bonds. The lowest BCUT2D eigenvalue weighted by Gasteiger charge is -2.17. The molecule has 0 spiro atoms. The van der Waals surface area contributed by atoms with Gasteiger partial charge in [0.05, 0.1) is 0 Å². The molecule has 0 aliphatic carbocycles. The van der Waals surface area contributed by atoms with Crippen LogP contribution in [-0.2, 0) is 45.1 Å². The second-order valence-electron chi connectivity index (χ2n) is 12.7. The average Bonchev–Trinajstić information content (AvgIpc) is 3.05. The highest BCUT2D eigenvalue weighted by Gasteiger charge is 2.13. The van der Waals surface area contributed by atoms with Crippen LogP contribution in [-0.4, -0.2) is 11.9 Å². The maximum Gasteiger partial charge on any atom is 0.306 e. The van der Waals surface area contributed by atoms with Gasteiger partial charge in [-0.25, -0.2) is 0 Å². The van der Waals surface area contributed by atoms with Crippen molar-refractivity contribution in [2.45, 2.75) is 156 Å². The summed E-state index contributed by atoms with van der Waals surface area (Å²) in [6.07, 6.45) is 18.9. The van der Waals surface area contributed by atoms with E-state index in [1.165, 1.54) is 62.5 Å². The third kappa shape index (κ3) is 15.9. The van der Waals surface area contributed by atoms with Gasteiger partial charge in [-0.2, -0.15) is 0 Å². The molecule has 2 aromatic carbocycles. The molecule has 2 rings (SSSR count). The zero-order valence-corrected chi connectivity index (χ0v) is 28.5. The minimum absolute atomic E-state index is 0.103. The molecule has 0 bridgehead atoms. The van der Waals surface area contributed by atoms with Crippen molar-refractivity contribution in [1.82, 2.24) is 0 Å². The molecule has 2 atom stereocenters. The molecule has 0 radical (unpaired) electrons. The summed E-state index contributed by atoms with van der Waals surface area (Å²) in [5, 5.41) is 0. The summed E-state index contributed by atoms with van der Waals surface area (Å²) in [4.78, 5) is 24.8. The van der Waals surface area contributed by atoms with Gasteiger partial charge in [0, 0.05) is 12.8 Å². The normalized spacial score (nSPS) is 12.5. The first-order valence-electron chi connectivity index (χ1n) is 17.9. The monoisotopic (exact) mass is 606 g/mol. The molecule has 2 aromatic rings. The van der Waals surface area contributed by atoms with Crippen molar-refractivity contribution in [3.05, 3.63) is 70.8 Å². The largest absolute Gasteiger partial charge is 0.461 e. The van der Waals surface area contributed by atoms with Crippen LogP contribution in [0.4, 0.5) is 0 Å². The second kappa shape index (κ2) is 23.7. The molecule has 0 saturated carbocycles. The number of benzene rings is 2. The highest BCUT2D eigenvalue weighted by atomic mass is 16.5. The molecule has 0 aromatic heterocycles. The number of hydrogen-bond acceptors (Lipinski definition) is 4. The van der Waals surface area contributed by atoms with E-state index in [-0.39, 0.29) is 11.9 Å². The van der Waals surface area contributed by atoms with E-state index in [2.05, 4.69) is 64.1 Å². The van der Waals surface area contributed by atoms with Gasteiger partial charge < -0.3 is 9.47 Å². The van der Waals surface area contributed by atoms with E-state index >= 15 is 0 Å². The van der Waals surface area contributed by atoms with Gasteiger partial charge in [0.2, 0.25) is 0 Å². The van der Waals surface area contributed by atoms with E-state index in [0.717, 1.165) is 62.5 Å². The molecule has 0 heterocycles. The number of ether oxygens (including phenoxy) is 2. The lowest BCUT2D eigenvalue weighted by molar-refractivity contribution is -0.146. The molecule has 0 N–H and O–H groups in total. The molecule has 4 heteroatoms. The maximum absolute atomic E-state index is 12.4. The molecule has 2 unspecified atom stereocenters. The van der Waals surface area contributed by atoms with Gasteiger partial charge in [0.25, 0.3) is 0 Å². The summed E-state index contributed by atoms with van der Waals surface area (Å²) in [7, 11) is 0. The van der Waals surface area contributed by atoms with Crippen molar-refractivity contribution in [2.24, 2.45) is 11.8 Å². The zero-order valence-electron chi connectivity index (χ0n) is 28.5. The number of unbranched alkanes of at least 4 members (excludes halogenated alkanes) is 7. The van der Waals surface area contributed by atoms with E-state index in [1.54, 1.807) is 0 Å². The van der Waals surface area contributed by atoms with Gasteiger partial charge in [0.15, 0.2) is 0 Å². The van der Waals surface area contributed by atoms with E-state index in [9.17, 15) is 9.59 Å². The van der Waals surface area contributed by atoms with Crippen LogP contribution in [0.25, 0.3) is 0 Å². The molecule has 4 nitrogen and oxygen atoms in total. The number of carbonyl (C=O) groups is 2. The van der Waals surface area contributed by atoms with Crippen molar-refractivity contribution < 1.29 is 19.1 Å². The molecule has 246 valence electrons. The topological polar surface area (TPSA) is 52.6 Å². The van der Waals surface area contributed by atoms with Crippen LogP contribution >= 0.6 is 0 Å². The highest BCUT2D eigenvalue weighted by molar-refractivity contribution is 5.69. The van der Waals surface area contributed by atoms with Crippen LogP contribution in [0.3, 0.4) is 0 Å². The maximum atomic E-state index is 12.4. The van der Waals surface area contributed by atoms with Crippen LogP contribution < -0.4 is 0 Å². The Morgan fingerprint density at radius 1 is 0.523 bits per heavy atom. The lowest BCUT2D eigenvalue weighted by atomic mass is 9.90. The van der Waals surface area contributed by atoms with E-state index in [1.807, 2.05) is 12.1 Å². The van der Waals surface area contributed by atoms with E-state index in [0.29, 0.717) is 37.9 Å². The standard InChI is InChI=1S/C40H62O4/c1-5-9-21-33(7-3)29-35-23-17-19-25-37(35)31-43-39(41)27-15-13-11-12-14-16-28-40(42)44-32-38-26-20-18-24-36(38)30-34(8-4)22-10-6-2/h17-20,23-26,33-34H,5-16,21-22,27-32H2,1-4H3. The third-order valence-corrected chi connectivity index (χ3v) is 9.13. The second-order valence-corrected chi connectivity index (χ2v) is 12.7. The van der Waals surface area contributed by atoms with Crippen LogP contribution in [0.15, 0.2) is 48.5 Å². The van der Waals surface area contributed by atoms with Gasteiger partial charge in [-0.15, -0.1) is 0 Å². The van der Waals surface area contributed by atoms with E-state index < -0.39 is 0 Å². The van der Waals surface area contributed by atoms with Gasteiger partial charge in [0.1, 0.15) is 13.2 Å². The number of hydrogen-bond donors (Lipinski definition) is 0. The number of esters is 2. The van der Waals surface area contributed by atoms with Crippen molar-refractivity contribution in [2.75, 3.05) is 0 Å². The van der Waals surface area contributed by atoms with Crippen LogP contribution in [0.1, 0.15) is 153 Å².